The zero-order chi connectivity index (χ0) is 64.5. The van der Waals surface area contributed by atoms with Crippen LogP contribution in [0.15, 0.2) is 279 Å². The van der Waals surface area contributed by atoms with Crippen molar-refractivity contribution in [3.63, 3.8) is 0 Å². The summed E-state index contributed by atoms with van der Waals surface area (Å²) in [5, 5.41) is 3.90. The molecule has 4 aromatic heterocycles. The van der Waals surface area contributed by atoms with Gasteiger partial charge in [-0.1, -0.05) is 93.6 Å². The molecule has 0 saturated carbocycles. The minimum absolute atomic E-state index is 0.112. The Kier molecular flexibility index (Phi) is 9.86. The number of hydrogen-bond donors (Lipinski definition) is 0. The van der Waals surface area contributed by atoms with Crippen LogP contribution in [0.1, 0.15) is 40.0 Å². The predicted octanol–water partition coefficient (Wildman–Crippen LogP) is 19.8. The van der Waals surface area contributed by atoms with Gasteiger partial charge in [-0.3, -0.25) is 0 Å². The number of pyridine rings is 1. The van der Waals surface area contributed by atoms with Gasteiger partial charge in [0.05, 0.1) is 0 Å². The van der Waals surface area contributed by atoms with E-state index in [0.717, 1.165) is 77.2 Å². The molecule has 0 spiro atoms. The van der Waals surface area contributed by atoms with Gasteiger partial charge in [0, 0.05) is 6.20 Å². The standard InChI is InChI=1S/C76H55N5O.Pt/c1-76(2,3)57-41-42-77-74(45-57)81-68-32-17-16-31-62(68)63-38-37-61(49-73(63)81)82-60-30-20-29-58(46-60)78-50-79(72-34-19-18-33-71(72)78)75-64(53-25-12-6-13-26-53)47-59(48-65(75)54-27-14-7-15-28-54)80-69-39-35-55(51-21-8-4-9-22-51)43-66(69)67-44-56(36-40-70(67)80)52-23-10-5-11-24-52;/h4-49H,1-3H3;/i6D,7D,12D,13D,14D,15D,25D,26D,27D,28D;. The number of nitrogens with zero attached hydrogens (tertiary/aromatic N) is 5. The second-order valence-corrected chi connectivity index (χ2v) is 22.6. The second kappa shape index (κ2) is 20.3. The van der Waals surface area contributed by atoms with E-state index in [1.807, 2.05) is 153 Å². The van der Waals surface area contributed by atoms with Crippen molar-refractivity contribution in [2.24, 2.45) is 0 Å². The molecule has 0 radical (unpaired) electrons. The summed E-state index contributed by atoms with van der Waals surface area (Å²) in [7, 11) is 0. The number of hydrogen-bond acceptors (Lipinski definition) is 2. The third-order valence-corrected chi connectivity index (χ3v) is 16.6. The minimum atomic E-state index is -0.589. The molecule has 0 N–H and O–H groups in total. The quantitative estimate of drug-likeness (QED) is 0.137. The van der Waals surface area contributed by atoms with Crippen LogP contribution in [0.25, 0.3) is 122 Å². The van der Waals surface area contributed by atoms with E-state index in [9.17, 15) is 11.0 Å². The van der Waals surface area contributed by atoms with Gasteiger partial charge >= 0.3 is 392 Å². The fraction of sp³-hybridized carbons (Fsp3) is 0.0526. The number of fused-ring (bicyclic) bond motifs is 7. The summed E-state index contributed by atoms with van der Waals surface area (Å²) in [4.78, 5) is 4.89. The molecule has 4 heterocycles. The number of aromatic nitrogens is 5. The first kappa shape index (κ1) is 40.3. The Morgan fingerprint density at radius 1 is 0.386 bits per heavy atom. The van der Waals surface area contributed by atoms with Gasteiger partial charge in [0.1, 0.15) is 0 Å². The first-order chi connectivity index (χ1) is 44.9. The van der Waals surface area contributed by atoms with Crippen LogP contribution in [0.2, 0.25) is 0 Å². The number of ether oxygens (including phenoxy) is 1. The monoisotopic (exact) mass is 1260 g/mol. The molecule has 0 atom stereocenters. The SMILES string of the molecule is [2H]c1c([2H])c([2H])c(-c2cc(-n3c4ccc(-c5ccccc5)cc4c4cc(-c5ccccc5)ccc43)cc(-c3c([2H])c([2H])c([2H])c([2H])c3[2H])c2-n2[c](=[Pt])n(-c3cccc(Oc4ccc5c6ccccc6n(-c6cc(C(C)(C)C)ccn6)c5c4)c3)c3ccccc32)c([2H])c1[2H]. The van der Waals surface area contributed by atoms with Crippen molar-refractivity contribution in [3.05, 3.63) is 288 Å². The van der Waals surface area contributed by atoms with Crippen molar-refractivity contribution in [1.29, 1.82) is 0 Å². The van der Waals surface area contributed by atoms with E-state index >= 15 is 0 Å². The molecule has 0 aliphatic heterocycles. The molecule has 400 valence electrons. The van der Waals surface area contributed by atoms with Crippen LogP contribution in [-0.2, 0) is 24.8 Å². The molecule has 0 unspecified atom stereocenters. The molecule has 0 aliphatic carbocycles. The van der Waals surface area contributed by atoms with E-state index in [1.54, 1.807) is 12.1 Å². The van der Waals surface area contributed by atoms with E-state index in [0.29, 0.717) is 37.7 Å². The summed E-state index contributed by atoms with van der Waals surface area (Å²) in [5.41, 5.74) is 11.0. The Morgan fingerprint density at radius 3 is 1.54 bits per heavy atom. The van der Waals surface area contributed by atoms with Crippen molar-refractivity contribution < 1.29 is 37.8 Å². The van der Waals surface area contributed by atoms with Gasteiger partial charge in [0.25, 0.3) is 0 Å². The van der Waals surface area contributed by atoms with E-state index in [2.05, 4.69) is 111 Å². The van der Waals surface area contributed by atoms with Crippen LogP contribution in [-0.4, -0.2) is 23.3 Å². The fourth-order valence-electron chi connectivity index (χ4n) is 11.7. The van der Waals surface area contributed by atoms with Gasteiger partial charge in [-0.05, 0) is 17.0 Å². The summed E-state index contributed by atoms with van der Waals surface area (Å²) in [5.74, 6) is 1.89. The molecule has 0 bridgehead atoms. The summed E-state index contributed by atoms with van der Waals surface area (Å²) in [6, 6.07) is 64.6. The molecule has 0 saturated heterocycles. The first-order valence-electron chi connectivity index (χ1n) is 32.3. The molecule has 6 nitrogen and oxygen atoms in total. The summed E-state index contributed by atoms with van der Waals surface area (Å²) < 4.78 is 109. The summed E-state index contributed by atoms with van der Waals surface area (Å²) in [6.45, 7) is 6.56. The Hall–Kier alpha value is -9.87. The Bertz CT molecular complexity index is 5450. The van der Waals surface area contributed by atoms with Crippen LogP contribution >= 0.6 is 0 Å². The Labute approximate surface area is 506 Å². The van der Waals surface area contributed by atoms with Gasteiger partial charge in [-0.2, -0.15) is 0 Å². The zero-order valence-electron chi connectivity index (χ0n) is 55.2. The average Bonchev–Trinajstić information content (AvgIpc) is 1.68. The molecular formula is C76H55N5OPt. The molecular weight excluding hydrogens is 1190 g/mol. The molecule has 0 aliphatic rings. The number of benzene rings is 11. The summed E-state index contributed by atoms with van der Waals surface area (Å²) in [6.07, 6.45) is 1.86. The predicted molar refractivity (Wildman–Crippen MR) is 339 cm³/mol. The van der Waals surface area contributed by atoms with Gasteiger partial charge < -0.3 is 0 Å². The van der Waals surface area contributed by atoms with Gasteiger partial charge in [0.15, 0.2) is 0 Å². The normalized spacial score (nSPS) is 13.6. The maximum absolute atomic E-state index is 9.76. The van der Waals surface area contributed by atoms with E-state index in [4.69, 9.17) is 12.5 Å². The fourth-order valence-corrected chi connectivity index (χ4v) is 12.8. The molecule has 15 rings (SSSR count). The Morgan fingerprint density at radius 2 is 0.928 bits per heavy atom. The molecule has 0 amide bonds. The van der Waals surface area contributed by atoms with Crippen LogP contribution < -0.4 is 4.74 Å². The average molecular weight is 1260 g/mol. The third-order valence-electron chi connectivity index (χ3n) is 15.6. The van der Waals surface area contributed by atoms with Crippen molar-refractivity contribution >= 4 is 54.6 Å². The van der Waals surface area contributed by atoms with Crippen molar-refractivity contribution in [2.45, 2.75) is 26.2 Å². The number of para-hydroxylation sites is 3. The van der Waals surface area contributed by atoms with Crippen molar-refractivity contribution in [3.8, 4) is 78.9 Å². The van der Waals surface area contributed by atoms with Gasteiger partial charge in [-0.15, -0.1) is 0 Å². The number of imidazole rings is 1. The van der Waals surface area contributed by atoms with Crippen molar-refractivity contribution in [2.75, 3.05) is 0 Å². The summed E-state index contributed by atoms with van der Waals surface area (Å²) >= 11 is 2.22. The molecule has 83 heavy (non-hydrogen) atoms. The van der Waals surface area contributed by atoms with Gasteiger partial charge in [0.2, 0.25) is 0 Å². The number of rotatable bonds is 10. The Balaban J connectivity index is 0.988. The topological polar surface area (TPSA) is 41.8 Å². The van der Waals surface area contributed by atoms with E-state index in [-0.39, 0.29) is 33.4 Å². The molecule has 15 aromatic rings. The molecule has 7 heteroatoms. The van der Waals surface area contributed by atoms with Crippen molar-refractivity contribution in [1.82, 2.24) is 23.3 Å². The van der Waals surface area contributed by atoms with E-state index in [1.165, 1.54) is 0 Å². The molecule has 11 aromatic carbocycles. The van der Waals surface area contributed by atoms with E-state index < -0.39 is 60.4 Å². The third kappa shape index (κ3) is 8.77. The maximum atomic E-state index is 9.76. The second-order valence-electron chi connectivity index (χ2n) is 21.6. The first-order valence-corrected chi connectivity index (χ1v) is 28.5. The van der Waals surface area contributed by atoms with Crippen LogP contribution in [0.5, 0.6) is 11.5 Å². The van der Waals surface area contributed by atoms with Crippen LogP contribution in [0.3, 0.4) is 0 Å². The van der Waals surface area contributed by atoms with Crippen LogP contribution in [0, 0.1) is 3.80 Å². The zero-order valence-corrected chi connectivity index (χ0v) is 47.5. The molecule has 0 fully saturated rings. The van der Waals surface area contributed by atoms with Crippen LogP contribution in [0.4, 0.5) is 0 Å². The van der Waals surface area contributed by atoms with Gasteiger partial charge in [-0.25, -0.2) is 0 Å².